The van der Waals surface area contributed by atoms with Crippen molar-refractivity contribution in [2.75, 3.05) is 27.2 Å². The molecule has 3 rings (SSSR count). The molecule has 0 bridgehead atoms. The number of amides is 3. The third-order valence-electron chi connectivity index (χ3n) is 5.12. The number of carbonyl (C=O) groups is 2. The summed E-state index contributed by atoms with van der Waals surface area (Å²) < 4.78 is 38.3. The Labute approximate surface area is 149 Å². The van der Waals surface area contributed by atoms with Gasteiger partial charge in [-0.1, -0.05) is 0 Å². The van der Waals surface area contributed by atoms with Gasteiger partial charge in [0, 0.05) is 45.0 Å². The molecular formula is C17H21F3N4O2. The summed E-state index contributed by atoms with van der Waals surface area (Å²) >= 11 is 0. The van der Waals surface area contributed by atoms with E-state index in [1.165, 1.54) is 11.0 Å². The van der Waals surface area contributed by atoms with Crippen molar-refractivity contribution in [2.45, 2.75) is 31.5 Å². The molecule has 0 atom stereocenters. The first kappa shape index (κ1) is 18.5. The summed E-state index contributed by atoms with van der Waals surface area (Å²) in [6.07, 6.45) is -1.21. The second kappa shape index (κ2) is 6.44. The van der Waals surface area contributed by atoms with Gasteiger partial charge in [0.2, 0.25) is 0 Å². The highest BCUT2D eigenvalue weighted by atomic mass is 19.4. The Kier molecular flexibility index (Phi) is 4.58. The lowest BCUT2D eigenvalue weighted by atomic mass is 9.65. The van der Waals surface area contributed by atoms with Gasteiger partial charge in [-0.2, -0.15) is 13.2 Å². The van der Waals surface area contributed by atoms with Crippen LogP contribution in [0.15, 0.2) is 18.3 Å². The predicted molar refractivity (Wildman–Crippen MR) is 87.4 cm³/mol. The van der Waals surface area contributed by atoms with Gasteiger partial charge in [0.15, 0.2) is 0 Å². The third-order valence-corrected chi connectivity index (χ3v) is 5.12. The van der Waals surface area contributed by atoms with E-state index in [1.807, 2.05) is 0 Å². The number of urea groups is 1. The van der Waals surface area contributed by atoms with Gasteiger partial charge in [0.25, 0.3) is 5.91 Å². The second-order valence-electron chi connectivity index (χ2n) is 7.35. The van der Waals surface area contributed by atoms with Crippen LogP contribution in [0.25, 0.3) is 0 Å². The molecule has 1 aromatic heterocycles. The van der Waals surface area contributed by atoms with Crippen LogP contribution in [0.1, 0.15) is 35.3 Å². The van der Waals surface area contributed by atoms with Crippen LogP contribution in [0, 0.1) is 5.41 Å². The van der Waals surface area contributed by atoms with Gasteiger partial charge in [-0.15, -0.1) is 0 Å². The predicted octanol–water partition coefficient (Wildman–Crippen LogP) is 2.37. The van der Waals surface area contributed by atoms with E-state index in [0.717, 1.165) is 31.5 Å². The van der Waals surface area contributed by atoms with Crippen LogP contribution >= 0.6 is 0 Å². The maximum Gasteiger partial charge on any atom is 0.433 e. The first-order chi connectivity index (χ1) is 12.1. The highest BCUT2D eigenvalue weighted by Crippen LogP contribution is 2.48. The topological polar surface area (TPSA) is 65.5 Å². The molecular weight excluding hydrogens is 349 g/mol. The summed E-state index contributed by atoms with van der Waals surface area (Å²) in [6, 6.07) is 2.04. The fourth-order valence-corrected chi connectivity index (χ4v) is 3.73. The highest BCUT2D eigenvalue weighted by Gasteiger charge is 2.50. The third kappa shape index (κ3) is 3.61. The fraction of sp³-hybridized carbons (Fsp3) is 0.588. The summed E-state index contributed by atoms with van der Waals surface area (Å²) in [4.78, 5) is 30.6. The first-order valence-corrected chi connectivity index (χ1v) is 8.40. The average molecular weight is 370 g/mol. The lowest BCUT2D eigenvalue weighted by Gasteiger charge is -2.45. The normalized spacial score (nSPS) is 25.1. The van der Waals surface area contributed by atoms with Crippen LogP contribution in [0.2, 0.25) is 0 Å². The molecule has 0 radical (unpaired) electrons. The molecule has 1 aromatic rings. The first-order valence-electron chi connectivity index (χ1n) is 8.40. The van der Waals surface area contributed by atoms with E-state index in [9.17, 15) is 22.8 Å². The zero-order valence-corrected chi connectivity index (χ0v) is 14.6. The standard InChI is InChI=1S/C17H21F3N4O2/c1-23(2)15(26)22-12-8-16(9-12)4-6-24(10-16)14(25)11-3-5-21-13(7-11)17(18,19)20/h3,5,7,12H,4,6,8-10H2,1-2H3,(H,22,26). The Hall–Kier alpha value is -2.32. The minimum atomic E-state index is -4.58. The number of rotatable bonds is 2. The van der Waals surface area contributed by atoms with E-state index in [1.54, 1.807) is 19.0 Å². The molecule has 1 N–H and O–H groups in total. The van der Waals surface area contributed by atoms with E-state index < -0.39 is 17.8 Å². The van der Waals surface area contributed by atoms with Crippen molar-refractivity contribution >= 4 is 11.9 Å². The smallest absolute Gasteiger partial charge is 0.338 e. The molecule has 0 aromatic carbocycles. The van der Waals surface area contributed by atoms with Crippen LogP contribution in [-0.4, -0.2) is 59.9 Å². The maximum absolute atomic E-state index is 12.8. The van der Waals surface area contributed by atoms with Gasteiger partial charge < -0.3 is 15.1 Å². The SMILES string of the molecule is CN(C)C(=O)NC1CC2(CCN(C(=O)c3ccnc(C(F)(F)F)c3)C2)C1. The van der Waals surface area contributed by atoms with E-state index in [0.29, 0.717) is 13.1 Å². The Balaban J connectivity index is 1.60. The summed E-state index contributed by atoms with van der Waals surface area (Å²) in [7, 11) is 3.34. The van der Waals surface area contributed by atoms with E-state index in [2.05, 4.69) is 10.3 Å². The summed E-state index contributed by atoms with van der Waals surface area (Å²) in [5, 5.41) is 2.92. The molecule has 1 spiro atoms. The molecule has 3 amide bonds. The quantitative estimate of drug-likeness (QED) is 0.869. The van der Waals surface area contributed by atoms with Crippen LogP contribution < -0.4 is 5.32 Å². The van der Waals surface area contributed by atoms with Gasteiger partial charge >= 0.3 is 12.2 Å². The number of aromatic nitrogens is 1. The molecule has 2 fully saturated rings. The molecule has 1 aliphatic heterocycles. The van der Waals surface area contributed by atoms with Gasteiger partial charge in [-0.3, -0.25) is 9.78 Å². The molecule has 9 heteroatoms. The van der Waals surface area contributed by atoms with Crippen molar-refractivity contribution in [3.63, 3.8) is 0 Å². The summed E-state index contributed by atoms with van der Waals surface area (Å²) in [5.74, 6) is -0.407. The van der Waals surface area contributed by atoms with Crippen LogP contribution in [0.4, 0.5) is 18.0 Å². The van der Waals surface area contributed by atoms with Crippen LogP contribution in [-0.2, 0) is 6.18 Å². The Morgan fingerprint density at radius 1 is 1.35 bits per heavy atom. The molecule has 142 valence electrons. The lowest BCUT2D eigenvalue weighted by molar-refractivity contribution is -0.141. The number of pyridine rings is 1. The largest absolute Gasteiger partial charge is 0.433 e. The molecule has 2 heterocycles. The fourth-order valence-electron chi connectivity index (χ4n) is 3.73. The van der Waals surface area contributed by atoms with Crippen molar-refractivity contribution in [2.24, 2.45) is 5.41 Å². The number of likely N-dealkylation sites (tertiary alicyclic amines) is 1. The lowest BCUT2D eigenvalue weighted by Crippen LogP contribution is -2.54. The van der Waals surface area contributed by atoms with Crippen LogP contribution in [0.3, 0.4) is 0 Å². The zero-order chi connectivity index (χ0) is 19.1. The molecule has 0 unspecified atom stereocenters. The molecule has 26 heavy (non-hydrogen) atoms. The number of nitrogens with one attached hydrogen (secondary N) is 1. The van der Waals surface area contributed by atoms with Gasteiger partial charge in [0.05, 0.1) is 0 Å². The van der Waals surface area contributed by atoms with E-state index in [4.69, 9.17) is 0 Å². The molecule has 6 nitrogen and oxygen atoms in total. The van der Waals surface area contributed by atoms with E-state index >= 15 is 0 Å². The van der Waals surface area contributed by atoms with Crippen molar-refractivity contribution in [1.82, 2.24) is 20.1 Å². The maximum atomic E-state index is 12.8. The monoisotopic (exact) mass is 370 g/mol. The number of hydrogen-bond donors (Lipinski definition) is 1. The molecule has 1 saturated carbocycles. The number of halogens is 3. The highest BCUT2D eigenvalue weighted by molar-refractivity contribution is 5.94. The van der Waals surface area contributed by atoms with Crippen molar-refractivity contribution in [3.05, 3.63) is 29.6 Å². The average Bonchev–Trinajstić information content (AvgIpc) is 2.98. The number of alkyl halides is 3. The Morgan fingerprint density at radius 2 is 2.04 bits per heavy atom. The minimum Gasteiger partial charge on any atom is -0.338 e. The Morgan fingerprint density at radius 3 is 2.65 bits per heavy atom. The number of hydrogen-bond acceptors (Lipinski definition) is 3. The number of nitrogens with zero attached hydrogens (tertiary/aromatic N) is 3. The summed E-state index contributed by atoms with van der Waals surface area (Å²) in [6.45, 7) is 1.01. The van der Waals surface area contributed by atoms with Crippen molar-refractivity contribution in [3.8, 4) is 0 Å². The Bertz CT molecular complexity index is 714. The van der Waals surface area contributed by atoms with Gasteiger partial charge in [-0.25, -0.2) is 4.79 Å². The molecule has 1 saturated heterocycles. The van der Waals surface area contributed by atoms with Gasteiger partial charge in [0.1, 0.15) is 5.69 Å². The van der Waals surface area contributed by atoms with Crippen LogP contribution in [0.5, 0.6) is 0 Å². The summed E-state index contributed by atoms with van der Waals surface area (Å²) in [5.41, 5.74) is -1.10. The molecule has 2 aliphatic rings. The van der Waals surface area contributed by atoms with Gasteiger partial charge in [-0.05, 0) is 36.8 Å². The second-order valence-corrected chi connectivity index (χ2v) is 7.35. The van der Waals surface area contributed by atoms with Crippen molar-refractivity contribution < 1.29 is 22.8 Å². The number of carbonyl (C=O) groups excluding carboxylic acids is 2. The minimum absolute atomic E-state index is 0.00107. The zero-order valence-electron chi connectivity index (χ0n) is 14.6. The van der Waals surface area contributed by atoms with E-state index in [-0.39, 0.29) is 23.1 Å². The molecule has 1 aliphatic carbocycles. The van der Waals surface area contributed by atoms with Crippen molar-refractivity contribution in [1.29, 1.82) is 0 Å².